The van der Waals surface area contributed by atoms with Gasteiger partial charge in [-0.3, -0.25) is 0 Å². The van der Waals surface area contributed by atoms with E-state index >= 15 is 0 Å². The van der Waals surface area contributed by atoms with Gasteiger partial charge in [0.2, 0.25) is 0 Å². The third kappa shape index (κ3) is 5.62. The maximum absolute atomic E-state index is 5.53. The molecule has 0 aliphatic heterocycles. The smallest absolute Gasteiger partial charge is 0.119 e. The average molecular weight is 196 g/mol. The highest BCUT2D eigenvalue weighted by Gasteiger charge is 1.90. The molecule has 0 aliphatic rings. The van der Waals surface area contributed by atoms with Gasteiger partial charge in [-0.1, -0.05) is 30.9 Å². The predicted octanol–water partition coefficient (Wildman–Crippen LogP) is 0.00990. The number of benzene rings is 1. The highest BCUT2D eigenvalue weighted by Crippen LogP contribution is 2.07. The van der Waals surface area contributed by atoms with Gasteiger partial charge in [0.25, 0.3) is 0 Å². The summed E-state index contributed by atoms with van der Waals surface area (Å²) in [5.41, 5.74) is 0.776. The Bertz CT molecular complexity index is 223. The average Bonchev–Trinajstić information content (AvgIpc) is 2.09. The van der Waals surface area contributed by atoms with E-state index in [-0.39, 0.29) is 11.0 Å². The lowest BCUT2D eigenvalue weighted by Crippen LogP contribution is -2.01. The van der Waals surface area contributed by atoms with Crippen LogP contribution in [0, 0.1) is 0 Å². The highest BCUT2D eigenvalue weighted by molar-refractivity contribution is 6.32. The summed E-state index contributed by atoms with van der Waals surface area (Å²) in [6.07, 6.45) is 2.26. The molecular weight excluding hydrogens is 179 g/mol. The summed E-state index contributed by atoms with van der Waals surface area (Å²) in [4.78, 5) is 0. The first-order valence-corrected chi connectivity index (χ1v) is 4.31. The van der Waals surface area contributed by atoms with E-state index in [9.17, 15) is 0 Å². The molecule has 4 N–H and O–H groups in total. The summed E-state index contributed by atoms with van der Waals surface area (Å²) in [5, 5.41) is 0. The summed E-state index contributed by atoms with van der Waals surface area (Å²) in [5.74, 6) is 0.901. The first kappa shape index (κ1) is 15.5. The molecule has 78 valence electrons. The molecule has 0 fully saturated rings. The zero-order valence-electron chi connectivity index (χ0n) is 8.42. The Morgan fingerprint density at radius 3 is 2.21 bits per heavy atom. The molecule has 0 saturated carbocycles. The minimum absolute atomic E-state index is 0. The summed E-state index contributed by atoms with van der Waals surface area (Å²) in [6, 6.07) is 7.48. The second-order valence-corrected chi connectivity index (χ2v) is 2.77. The standard InChI is InChI=1S/C10H13BO.2H2O/c1-2-3-8-12-10-6-4-9(11)5-7-10;;/h4-7H,2-3,8H2,1H3;2*1H2. The van der Waals surface area contributed by atoms with E-state index in [4.69, 9.17) is 12.6 Å². The van der Waals surface area contributed by atoms with Gasteiger partial charge in [0, 0.05) is 0 Å². The van der Waals surface area contributed by atoms with Crippen LogP contribution in [-0.2, 0) is 0 Å². The monoisotopic (exact) mass is 196 g/mol. The van der Waals surface area contributed by atoms with Crippen LogP contribution in [0.2, 0.25) is 0 Å². The van der Waals surface area contributed by atoms with Crippen LogP contribution in [0.3, 0.4) is 0 Å². The second-order valence-electron chi connectivity index (χ2n) is 2.77. The fourth-order valence-corrected chi connectivity index (χ4v) is 0.898. The van der Waals surface area contributed by atoms with Crippen LogP contribution in [0.4, 0.5) is 0 Å². The van der Waals surface area contributed by atoms with Crippen molar-refractivity contribution < 1.29 is 15.7 Å². The van der Waals surface area contributed by atoms with Crippen LogP contribution in [-0.4, -0.2) is 25.4 Å². The maximum atomic E-state index is 5.53. The predicted molar refractivity (Wildman–Crippen MR) is 59.5 cm³/mol. The molecule has 0 saturated heterocycles. The lowest BCUT2D eigenvalue weighted by atomic mass is 9.97. The molecule has 0 unspecified atom stereocenters. The van der Waals surface area contributed by atoms with Gasteiger partial charge in [-0.05, 0) is 18.6 Å². The van der Waals surface area contributed by atoms with Crippen molar-refractivity contribution in [2.45, 2.75) is 19.8 Å². The van der Waals surface area contributed by atoms with Gasteiger partial charge in [0.15, 0.2) is 0 Å². The number of ether oxygens (including phenoxy) is 1. The van der Waals surface area contributed by atoms with Crippen molar-refractivity contribution in [2.24, 2.45) is 0 Å². The largest absolute Gasteiger partial charge is 0.494 e. The van der Waals surface area contributed by atoms with E-state index in [2.05, 4.69) is 6.92 Å². The van der Waals surface area contributed by atoms with Crippen molar-refractivity contribution >= 4 is 13.3 Å². The van der Waals surface area contributed by atoms with Gasteiger partial charge in [-0.15, -0.1) is 0 Å². The molecule has 0 aromatic heterocycles. The topological polar surface area (TPSA) is 72.2 Å². The summed E-state index contributed by atoms with van der Waals surface area (Å²) < 4.78 is 5.45. The Morgan fingerprint density at radius 2 is 1.71 bits per heavy atom. The van der Waals surface area contributed by atoms with Gasteiger partial charge >= 0.3 is 0 Å². The van der Waals surface area contributed by atoms with Gasteiger partial charge in [0.1, 0.15) is 13.6 Å². The van der Waals surface area contributed by atoms with Gasteiger partial charge in [0.05, 0.1) is 6.61 Å². The number of hydrogen-bond acceptors (Lipinski definition) is 1. The third-order valence-corrected chi connectivity index (χ3v) is 1.65. The molecule has 2 radical (unpaired) electrons. The van der Waals surface area contributed by atoms with E-state index < -0.39 is 0 Å². The van der Waals surface area contributed by atoms with Gasteiger partial charge in [-0.25, -0.2) is 0 Å². The van der Waals surface area contributed by atoms with Crippen LogP contribution in [0.5, 0.6) is 5.75 Å². The van der Waals surface area contributed by atoms with Crippen molar-refractivity contribution in [3.63, 3.8) is 0 Å². The molecule has 0 spiro atoms. The zero-order chi connectivity index (χ0) is 8.81. The molecule has 0 heterocycles. The Hall–Kier alpha value is -0.995. The van der Waals surface area contributed by atoms with Crippen LogP contribution in [0.1, 0.15) is 19.8 Å². The number of rotatable bonds is 4. The molecule has 1 aromatic carbocycles. The second kappa shape index (κ2) is 8.60. The van der Waals surface area contributed by atoms with Gasteiger partial charge in [-0.2, -0.15) is 0 Å². The molecule has 0 atom stereocenters. The van der Waals surface area contributed by atoms with Crippen LogP contribution in [0.25, 0.3) is 0 Å². The van der Waals surface area contributed by atoms with Crippen molar-refractivity contribution in [3.05, 3.63) is 24.3 Å². The van der Waals surface area contributed by atoms with Crippen LogP contribution >= 0.6 is 0 Å². The normalized spacial score (nSPS) is 8.36. The molecule has 4 heteroatoms. The minimum atomic E-state index is 0. The lowest BCUT2D eigenvalue weighted by molar-refractivity contribution is 0.309. The Kier molecular flexibility index (Phi) is 9.50. The first-order valence-electron chi connectivity index (χ1n) is 4.31. The quantitative estimate of drug-likeness (QED) is 0.493. The Balaban J connectivity index is 0. The first-order chi connectivity index (χ1) is 5.83. The summed E-state index contributed by atoms with van der Waals surface area (Å²) in [6.45, 7) is 2.94. The van der Waals surface area contributed by atoms with Crippen molar-refractivity contribution in [2.75, 3.05) is 6.61 Å². The minimum Gasteiger partial charge on any atom is -0.494 e. The van der Waals surface area contributed by atoms with E-state index in [0.717, 1.165) is 30.7 Å². The molecule has 0 bridgehead atoms. The maximum Gasteiger partial charge on any atom is 0.119 e. The van der Waals surface area contributed by atoms with Crippen LogP contribution in [0.15, 0.2) is 24.3 Å². The van der Waals surface area contributed by atoms with E-state index in [0.29, 0.717) is 0 Å². The van der Waals surface area contributed by atoms with Crippen LogP contribution < -0.4 is 10.2 Å². The molecule has 3 nitrogen and oxygen atoms in total. The SMILES string of the molecule is O.O.[B]c1ccc(OCCCC)cc1. The summed E-state index contributed by atoms with van der Waals surface area (Å²) >= 11 is 0. The zero-order valence-corrected chi connectivity index (χ0v) is 8.42. The molecule has 0 aliphatic carbocycles. The van der Waals surface area contributed by atoms with Gasteiger partial charge < -0.3 is 15.7 Å². The van der Waals surface area contributed by atoms with Crippen molar-refractivity contribution in [1.29, 1.82) is 0 Å². The van der Waals surface area contributed by atoms with Crippen molar-refractivity contribution in [3.8, 4) is 5.75 Å². The molecule has 1 rings (SSSR count). The molecule has 1 aromatic rings. The van der Waals surface area contributed by atoms with E-state index in [1.807, 2.05) is 24.3 Å². The highest BCUT2D eigenvalue weighted by atomic mass is 16.5. The van der Waals surface area contributed by atoms with Crippen molar-refractivity contribution in [1.82, 2.24) is 0 Å². The number of hydrogen-bond donors (Lipinski definition) is 0. The third-order valence-electron chi connectivity index (χ3n) is 1.65. The number of unbranched alkanes of at least 4 members (excludes halogenated alkanes) is 1. The lowest BCUT2D eigenvalue weighted by Gasteiger charge is -2.04. The fourth-order valence-electron chi connectivity index (χ4n) is 0.898. The fraction of sp³-hybridized carbons (Fsp3) is 0.400. The van der Waals surface area contributed by atoms with E-state index in [1.54, 1.807) is 0 Å². The molecule has 0 amide bonds. The Labute approximate surface area is 86.1 Å². The molecular formula is C10H17BO3. The molecule has 14 heavy (non-hydrogen) atoms. The van der Waals surface area contributed by atoms with E-state index in [1.165, 1.54) is 0 Å². The Morgan fingerprint density at radius 1 is 1.14 bits per heavy atom. The summed E-state index contributed by atoms with van der Waals surface area (Å²) in [7, 11) is 5.53.